The van der Waals surface area contributed by atoms with Gasteiger partial charge in [0, 0.05) is 19.5 Å². The van der Waals surface area contributed by atoms with Crippen molar-refractivity contribution >= 4 is 5.91 Å². The highest BCUT2D eigenvalue weighted by Crippen LogP contribution is 2.20. The fourth-order valence-corrected chi connectivity index (χ4v) is 1.13. The molecule has 5 heteroatoms. The Morgan fingerprint density at radius 1 is 1.67 bits per heavy atom. The third-order valence-corrected chi connectivity index (χ3v) is 2.18. The summed E-state index contributed by atoms with van der Waals surface area (Å²) in [7, 11) is 0. The summed E-state index contributed by atoms with van der Waals surface area (Å²) in [5.74, 6) is -0.725. The van der Waals surface area contributed by atoms with E-state index in [9.17, 15) is 4.79 Å². The van der Waals surface area contributed by atoms with E-state index in [1.807, 2.05) is 13.8 Å². The monoisotopic (exact) mass is 213 g/mol. The first-order valence-electron chi connectivity index (χ1n) is 4.94. The van der Waals surface area contributed by atoms with Crippen LogP contribution in [0.5, 0.6) is 0 Å². The summed E-state index contributed by atoms with van der Waals surface area (Å²) in [5, 5.41) is 20.5. The second-order valence-corrected chi connectivity index (χ2v) is 4.37. The molecular weight excluding hydrogens is 194 g/mol. The molecule has 0 saturated heterocycles. The molecule has 0 spiro atoms. The molecule has 0 bridgehead atoms. The quantitative estimate of drug-likeness (QED) is 0.543. The van der Waals surface area contributed by atoms with E-state index in [2.05, 4.69) is 11.4 Å². The number of nitrogens with one attached hydrogen (secondary N) is 1. The summed E-state index contributed by atoms with van der Waals surface area (Å²) < 4.78 is 0. The Kier molecular flexibility index (Phi) is 5.90. The molecule has 86 valence electrons. The maximum absolute atomic E-state index is 10.5. The van der Waals surface area contributed by atoms with Crippen LogP contribution in [0.25, 0.3) is 0 Å². The Hall–Kier alpha value is -1.12. The Bertz CT molecular complexity index is 246. The third kappa shape index (κ3) is 6.89. The van der Waals surface area contributed by atoms with E-state index in [-0.39, 0.29) is 12.0 Å². The van der Waals surface area contributed by atoms with Gasteiger partial charge >= 0.3 is 0 Å². The van der Waals surface area contributed by atoms with Gasteiger partial charge in [0.15, 0.2) is 0 Å². The van der Waals surface area contributed by atoms with Gasteiger partial charge in [-0.2, -0.15) is 5.26 Å². The highest BCUT2D eigenvalue weighted by atomic mass is 16.3. The van der Waals surface area contributed by atoms with Gasteiger partial charge in [0.2, 0.25) is 5.91 Å². The number of aliphatic hydroxyl groups excluding tert-OH is 1. The normalized spacial score (nSPS) is 13.2. The second kappa shape index (κ2) is 6.38. The van der Waals surface area contributed by atoms with Crippen molar-refractivity contribution in [2.24, 2.45) is 11.1 Å². The number of carbonyl (C=O) groups excluding carboxylic acids is 1. The molecule has 0 heterocycles. The molecule has 15 heavy (non-hydrogen) atoms. The molecule has 0 radical (unpaired) electrons. The first kappa shape index (κ1) is 13.9. The molecular formula is C10H19N3O2. The van der Waals surface area contributed by atoms with Crippen molar-refractivity contribution in [1.82, 2.24) is 5.32 Å². The molecule has 0 aromatic carbocycles. The molecule has 0 rings (SSSR count). The van der Waals surface area contributed by atoms with Crippen LogP contribution in [0.15, 0.2) is 0 Å². The van der Waals surface area contributed by atoms with Gasteiger partial charge in [-0.05, 0) is 11.8 Å². The first-order chi connectivity index (χ1) is 6.89. The molecule has 1 atom stereocenters. The van der Waals surface area contributed by atoms with E-state index in [0.29, 0.717) is 13.0 Å². The number of hydrogen-bond donors (Lipinski definition) is 3. The number of amides is 1. The number of nitrogens with two attached hydrogens (primary N) is 1. The first-order valence-corrected chi connectivity index (χ1v) is 4.94. The lowest BCUT2D eigenvalue weighted by Crippen LogP contribution is -2.40. The predicted molar refractivity (Wildman–Crippen MR) is 56.7 cm³/mol. The van der Waals surface area contributed by atoms with Crippen molar-refractivity contribution < 1.29 is 9.90 Å². The van der Waals surface area contributed by atoms with Crippen LogP contribution in [0.3, 0.4) is 0 Å². The summed E-state index contributed by atoms with van der Waals surface area (Å²) >= 11 is 0. The molecule has 5 nitrogen and oxygen atoms in total. The number of primary amides is 1. The van der Waals surface area contributed by atoms with Gasteiger partial charge < -0.3 is 16.2 Å². The minimum Gasteiger partial charge on any atom is -0.382 e. The summed E-state index contributed by atoms with van der Waals surface area (Å²) in [6.07, 6.45) is 0.146. The van der Waals surface area contributed by atoms with Crippen LogP contribution in [0.1, 0.15) is 26.7 Å². The van der Waals surface area contributed by atoms with Crippen LogP contribution in [-0.2, 0) is 4.79 Å². The van der Waals surface area contributed by atoms with Crippen molar-refractivity contribution in [3.8, 4) is 6.07 Å². The number of nitriles is 1. The molecule has 0 aromatic heterocycles. The molecule has 4 N–H and O–H groups in total. The molecule has 1 amide bonds. The van der Waals surface area contributed by atoms with Crippen molar-refractivity contribution in [3.63, 3.8) is 0 Å². The molecule has 0 saturated carbocycles. The number of aliphatic hydroxyl groups is 1. The minimum absolute atomic E-state index is 0.0207. The Balaban J connectivity index is 3.75. The molecule has 0 aliphatic rings. The number of hydrogen-bond acceptors (Lipinski definition) is 4. The van der Waals surface area contributed by atoms with Gasteiger partial charge in [0.05, 0.1) is 6.07 Å². The third-order valence-electron chi connectivity index (χ3n) is 2.18. The van der Waals surface area contributed by atoms with Gasteiger partial charge in [-0.1, -0.05) is 13.8 Å². The van der Waals surface area contributed by atoms with E-state index in [4.69, 9.17) is 16.1 Å². The van der Waals surface area contributed by atoms with Crippen LogP contribution in [0, 0.1) is 16.7 Å². The van der Waals surface area contributed by atoms with E-state index >= 15 is 0 Å². The van der Waals surface area contributed by atoms with Crippen molar-refractivity contribution in [2.45, 2.75) is 32.8 Å². The van der Waals surface area contributed by atoms with Crippen LogP contribution < -0.4 is 11.1 Å². The van der Waals surface area contributed by atoms with Gasteiger partial charge in [-0.15, -0.1) is 0 Å². The smallest absolute Gasteiger partial charge is 0.247 e. The van der Waals surface area contributed by atoms with Gasteiger partial charge in [-0.3, -0.25) is 4.79 Å². The van der Waals surface area contributed by atoms with E-state index < -0.39 is 12.0 Å². The van der Waals surface area contributed by atoms with Crippen LogP contribution in [-0.4, -0.2) is 30.2 Å². The Morgan fingerprint density at radius 3 is 2.73 bits per heavy atom. The second-order valence-electron chi connectivity index (χ2n) is 4.37. The van der Waals surface area contributed by atoms with Gasteiger partial charge in [-0.25, -0.2) is 0 Å². The van der Waals surface area contributed by atoms with Crippen molar-refractivity contribution in [2.75, 3.05) is 13.1 Å². The molecule has 0 fully saturated rings. The van der Waals surface area contributed by atoms with Gasteiger partial charge in [0.1, 0.15) is 6.10 Å². The highest BCUT2D eigenvalue weighted by molar-refractivity contribution is 5.78. The zero-order chi connectivity index (χ0) is 11.9. The summed E-state index contributed by atoms with van der Waals surface area (Å²) in [5.41, 5.74) is 4.87. The molecule has 0 aromatic rings. The maximum Gasteiger partial charge on any atom is 0.247 e. The largest absolute Gasteiger partial charge is 0.382 e. The number of carbonyl (C=O) groups is 1. The Morgan fingerprint density at radius 2 is 2.27 bits per heavy atom. The van der Waals surface area contributed by atoms with Crippen molar-refractivity contribution in [1.29, 1.82) is 5.26 Å². The summed E-state index contributed by atoms with van der Waals surface area (Å²) in [6.45, 7) is 4.84. The summed E-state index contributed by atoms with van der Waals surface area (Å²) in [6, 6.07) is 2.09. The lowest BCUT2D eigenvalue weighted by atomic mass is 9.88. The average Bonchev–Trinajstić information content (AvgIpc) is 2.14. The SMILES string of the molecule is CC(C)(CCC#N)CNCC(O)C(N)=O. The van der Waals surface area contributed by atoms with Crippen LogP contribution >= 0.6 is 0 Å². The molecule has 1 unspecified atom stereocenters. The number of nitrogens with zero attached hydrogens (tertiary/aromatic N) is 1. The van der Waals surface area contributed by atoms with Crippen LogP contribution in [0.2, 0.25) is 0 Å². The fraction of sp³-hybridized carbons (Fsp3) is 0.800. The van der Waals surface area contributed by atoms with E-state index in [1.165, 1.54) is 0 Å². The maximum atomic E-state index is 10.5. The molecule has 0 aliphatic carbocycles. The average molecular weight is 213 g/mol. The van der Waals surface area contributed by atoms with E-state index in [1.54, 1.807) is 0 Å². The fourth-order valence-electron chi connectivity index (χ4n) is 1.13. The lowest BCUT2D eigenvalue weighted by Gasteiger charge is -2.24. The Labute approximate surface area is 90.3 Å². The standard InChI is InChI=1S/C10H19N3O2/c1-10(2,4-3-5-11)7-13-6-8(14)9(12)15/h8,13-14H,3-4,6-7H2,1-2H3,(H2,12,15). The zero-order valence-corrected chi connectivity index (χ0v) is 9.29. The van der Waals surface area contributed by atoms with Crippen LogP contribution in [0.4, 0.5) is 0 Å². The zero-order valence-electron chi connectivity index (χ0n) is 9.29. The summed E-state index contributed by atoms with van der Waals surface area (Å²) in [4.78, 5) is 10.5. The van der Waals surface area contributed by atoms with Gasteiger partial charge in [0.25, 0.3) is 0 Å². The minimum atomic E-state index is -1.14. The highest BCUT2D eigenvalue weighted by Gasteiger charge is 2.18. The topological polar surface area (TPSA) is 99.1 Å². The van der Waals surface area contributed by atoms with Crippen molar-refractivity contribution in [3.05, 3.63) is 0 Å². The van der Waals surface area contributed by atoms with E-state index in [0.717, 1.165) is 6.42 Å². The molecule has 0 aliphatic heterocycles. The predicted octanol–water partition coefficient (Wildman–Crippen LogP) is -0.248. The number of rotatable bonds is 7. The lowest BCUT2D eigenvalue weighted by molar-refractivity contribution is -0.125.